The average molecular weight is 288 g/mol. The molecule has 0 saturated heterocycles. The van der Waals surface area contributed by atoms with Crippen molar-refractivity contribution in [3.05, 3.63) is 0 Å². The van der Waals surface area contributed by atoms with E-state index in [1.807, 2.05) is 0 Å². The topological polar surface area (TPSA) is 63.6 Å². The molecule has 6 heteroatoms. The number of aliphatic carboxylic acids is 1. The van der Waals surface area contributed by atoms with Gasteiger partial charge in [0.2, 0.25) is 0 Å². The molecular formula is C4H6CuO4Pd. The van der Waals surface area contributed by atoms with Gasteiger partial charge in [-0.05, 0) is 0 Å². The van der Waals surface area contributed by atoms with Crippen molar-refractivity contribution in [3.63, 3.8) is 0 Å². The summed E-state index contributed by atoms with van der Waals surface area (Å²) in [5.41, 5.74) is 0. The van der Waals surface area contributed by atoms with Gasteiger partial charge in [-0.1, -0.05) is 0 Å². The summed E-state index contributed by atoms with van der Waals surface area (Å²) in [6.07, 6.45) is 0. The van der Waals surface area contributed by atoms with Gasteiger partial charge in [-0.2, -0.15) is 0 Å². The molecule has 0 heterocycles. The molecule has 67 valence electrons. The standard InChI is InChI=1S/C2H4O2.C2H3O2.Cu.Pd/c2*1-2(3)4;;/h1H3,(H,3,4);1H2,(H,3,4);;/q;;;+1/p-1. The fourth-order valence-electron chi connectivity index (χ4n) is 0.126. The van der Waals surface area contributed by atoms with Crippen molar-refractivity contribution in [3.8, 4) is 0 Å². The third-order valence-corrected chi connectivity index (χ3v) is 1.64. The molecule has 0 bridgehead atoms. The van der Waals surface area contributed by atoms with Gasteiger partial charge in [-0.25, -0.2) is 0 Å². The van der Waals surface area contributed by atoms with Crippen LogP contribution in [0.25, 0.3) is 0 Å². The third-order valence-electron chi connectivity index (χ3n) is 0.278. The van der Waals surface area contributed by atoms with Crippen LogP contribution >= 0.6 is 0 Å². The number of rotatable bonds is 3. The Labute approximate surface area is 77.4 Å². The van der Waals surface area contributed by atoms with Crippen molar-refractivity contribution >= 4 is 11.9 Å². The molecule has 0 atom stereocenters. The number of hydrogen-bond donors (Lipinski definition) is 1. The van der Waals surface area contributed by atoms with Crippen LogP contribution in [0, 0.1) is 0 Å². The van der Waals surface area contributed by atoms with Crippen LogP contribution in [0.3, 0.4) is 0 Å². The molecule has 0 amide bonds. The summed E-state index contributed by atoms with van der Waals surface area (Å²) in [7, 11) is 0. The van der Waals surface area contributed by atoms with Gasteiger partial charge in [0.15, 0.2) is 0 Å². The van der Waals surface area contributed by atoms with Gasteiger partial charge in [-0.15, -0.1) is 0 Å². The summed E-state index contributed by atoms with van der Waals surface area (Å²) in [6.45, 7) is 1.25. The van der Waals surface area contributed by atoms with E-state index < -0.39 is 30.3 Å². The summed E-state index contributed by atoms with van der Waals surface area (Å²) in [6, 6.07) is 0. The number of carbonyl (C=O) groups excluding carboxylic acids is 1. The van der Waals surface area contributed by atoms with Gasteiger partial charge in [-0.3, -0.25) is 0 Å². The zero-order valence-corrected chi connectivity index (χ0v) is 7.49. The van der Waals surface area contributed by atoms with Crippen LogP contribution < -0.4 is 0 Å². The van der Waals surface area contributed by atoms with Gasteiger partial charge in [0.05, 0.1) is 0 Å². The van der Waals surface area contributed by atoms with Crippen LogP contribution in [0.4, 0.5) is 0 Å². The Hall–Kier alpha value is 0.122. The quantitative estimate of drug-likeness (QED) is 0.745. The smallest absolute Gasteiger partial charge is 0 e. The molecule has 0 aromatic rings. The second kappa shape index (κ2) is 7.23. The minimum Gasteiger partial charge on any atom is 0 e. The van der Waals surface area contributed by atoms with E-state index in [-0.39, 0.29) is 22.0 Å². The van der Waals surface area contributed by atoms with E-state index in [2.05, 4.69) is 3.46 Å². The molecule has 1 N–H and O–H groups in total. The minimum atomic E-state index is -0.940. The first-order valence-corrected chi connectivity index (χ1v) is 3.78. The molecule has 0 aliphatic heterocycles. The monoisotopic (exact) mass is 287 g/mol. The van der Waals surface area contributed by atoms with Crippen LogP contribution in [-0.2, 0) is 48.5 Å². The molecule has 0 aliphatic carbocycles. The molecule has 0 aromatic heterocycles. The summed E-state index contributed by atoms with van der Waals surface area (Å²) in [4.78, 5) is 19.7. The maximum Gasteiger partial charge on any atom is 0 e. The summed E-state index contributed by atoms with van der Waals surface area (Å²) in [5.74, 6) is -1.37. The number of carbonyl (C=O) groups is 2. The van der Waals surface area contributed by atoms with E-state index in [9.17, 15) is 9.59 Å². The van der Waals surface area contributed by atoms with Crippen molar-refractivity contribution in [2.45, 2.75) is 11.8 Å². The number of carboxylic acids is 1. The molecule has 0 unspecified atom stereocenters. The maximum absolute atomic E-state index is 10.0. The van der Waals surface area contributed by atoms with Crippen LogP contribution in [-0.4, -0.2) is 17.0 Å². The van der Waals surface area contributed by atoms with Gasteiger partial charge in [0.25, 0.3) is 0 Å². The van der Waals surface area contributed by atoms with E-state index in [0.29, 0.717) is 0 Å². The Morgan fingerprint density at radius 1 is 1.60 bits per heavy atom. The van der Waals surface area contributed by atoms with Gasteiger partial charge < -0.3 is 0 Å². The molecule has 10 heavy (non-hydrogen) atoms. The van der Waals surface area contributed by atoms with Crippen LogP contribution in [0.15, 0.2) is 0 Å². The van der Waals surface area contributed by atoms with E-state index in [1.54, 1.807) is 0 Å². The van der Waals surface area contributed by atoms with Crippen molar-refractivity contribution < 1.29 is 53.6 Å². The Morgan fingerprint density at radius 2 is 2.10 bits per heavy atom. The molecular weight excluding hydrogens is 282 g/mol. The van der Waals surface area contributed by atoms with Gasteiger partial charge >= 0.3 is 60.3 Å². The SMILES string of the molecule is CC(=O)[O][Pd][CH2]C(=O)O.[Cu]. The molecule has 1 radical (unpaired) electrons. The minimum absolute atomic E-state index is 0. The average Bonchev–Trinajstić information content (AvgIpc) is 1.63. The van der Waals surface area contributed by atoms with Crippen molar-refractivity contribution in [1.82, 2.24) is 0 Å². The Kier molecular flexibility index (Phi) is 9.23. The van der Waals surface area contributed by atoms with Crippen molar-refractivity contribution in [2.24, 2.45) is 0 Å². The summed E-state index contributed by atoms with van der Waals surface area (Å²) >= 11 is -0.431. The molecule has 0 aromatic carbocycles. The first-order chi connectivity index (χ1) is 4.13. The van der Waals surface area contributed by atoms with Crippen LogP contribution in [0.1, 0.15) is 6.92 Å². The second-order valence-electron chi connectivity index (χ2n) is 1.15. The largest absolute Gasteiger partial charge is 0 e. The predicted molar refractivity (Wildman–Crippen MR) is 24.2 cm³/mol. The molecule has 0 rings (SSSR count). The number of hydrogen-bond acceptors (Lipinski definition) is 3. The summed E-state index contributed by atoms with van der Waals surface area (Å²) in [5, 5.41) is 8.05. The fourth-order valence-corrected chi connectivity index (χ4v) is 0.746. The first-order valence-electron chi connectivity index (χ1n) is 2.04. The molecule has 0 saturated carbocycles. The van der Waals surface area contributed by atoms with Crippen molar-refractivity contribution in [2.75, 3.05) is 0 Å². The normalized spacial score (nSPS) is 8.10. The Morgan fingerprint density at radius 3 is 2.40 bits per heavy atom. The van der Waals surface area contributed by atoms with Gasteiger partial charge in [0, 0.05) is 17.1 Å². The zero-order chi connectivity index (χ0) is 7.28. The predicted octanol–water partition coefficient (Wildman–Crippen LogP) is 0.0474. The van der Waals surface area contributed by atoms with E-state index in [1.165, 1.54) is 6.92 Å². The van der Waals surface area contributed by atoms with Crippen LogP contribution in [0.5, 0.6) is 0 Å². The molecule has 0 fully saturated rings. The number of carboxylic acid groups (broad SMARTS) is 1. The maximum atomic E-state index is 10.0. The molecule has 0 aliphatic rings. The molecule has 0 spiro atoms. The summed E-state index contributed by atoms with van der Waals surface area (Å²) < 4.78 is 4.38. The first kappa shape index (κ1) is 12.8. The van der Waals surface area contributed by atoms with E-state index in [4.69, 9.17) is 5.11 Å². The zero-order valence-electron chi connectivity index (χ0n) is 5.00. The molecule has 4 nitrogen and oxygen atoms in total. The Bertz CT molecular complexity index is 112. The van der Waals surface area contributed by atoms with Crippen LogP contribution in [0.2, 0.25) is 4.89 Å². The second-order valence-corrected chi connectivity index (χ2v) is 2.47. The fraction of sp³-hybridized carbons (Fsp3) is 0.500. The van der Waals surface area contributed by atoms with Gasteiger partial charge in [0.1, 0.15) is 0 Å². The Balaban J connectivity index is 0. The van der Waals surface area contributed by atoms with E-state index >= 15 is 0 Å². The third kappa shape index (κ3) is 11.0. The van der Waals surface area contributed by atoms with Crippen molar-refractivity contribution in [1.29, 1.82) is 0 Å². The van der Waals surface area contributed by atoms with E-state index in [0.717, 1.165) is 0 Å².